The molecule has 1 aromatic carbocycles. The van der Waals surface area contributed by atoms with Gasteiger partial charge in [0.25, 0.3) is 0 Å². The van der Waals surface area contributed by atoms with E-state index in [1.165, 1.54) is 11.5 Å². The highest BCUT2D eigenvalue weighted by molar-refractivity contribution is 7.09. The van der Waals surface area contributed by atoms with Crippen LogP contribution in [-0.2, 0) is 11.3 Å². The first-order valence-electron chi connectivity index (χ1n) is 7.26. The number of hydrogen-bond donors (Lipinski definition) is 0. The number of benzene rings is 1. The highest BCUT2D eigenvalue weighted by Crippen LogP contribution is 2.29. The second-order valence-corrected chi connectivity index (χ2v) is 5.80. The van der Waals surface area contributed by atoms with Crippen LogP contribution in [0.3, 0.4) is 0 Å². The lowest BCUT2D eigenvalue weighted by molar-refractivity contribution is 0.179. The number of hydrogen-bond acceptors (Lipinski definition) is 7. The quantitative estimate of drug-likeness (QED) is 0.840. The Labute approximate surface area is 134 Å². The summed E-state index contributed by atoms with van der Waals surface area (Å²) in [4.78, 5) is 9.15. The number of aromatic nitrogens is 2. The molecule has 6 nitrogen and oxygen atoms in total. The van der Waals surface area contributed by atoms with Gasteiger partial charge in [0, 0.05) is 44.8 Å². The molecule has 22 heavy (non-hydrogen) atoms. The molecule has 1 saturated heterocycles. The van der Waals surface area contributed by atoms with Gasteiger partial charge in [-0.3, -0.25) is 0 Å². The molecule has 0 unspecified atom stereocenters. The van der Waals surface area contributed by atoms with Crippen LogP contribution in [0.1, 0.15) is 5.82 Å². The molecule has 3 rings (SSSR count). The number of rotatable bonds is 5. The van der Waals surface area contributed by atoms with Crippen LogP contribution in [0.25, 0.3) is 0 Å². The average Bonchev–Trinajstić information content (AvgIpc) is 3.04. The fourth-order valence-electron chi connectivity index (χ4n) is 2.59. The molecular weight excluding hydrogens is 300 g/mol. The minimum Gasteiger partial charge on any atom is -0.495 e. The summed E-state index contributed by atoms with van der Waals surface area (Å²) >= 11 is 1.44. The first-order chi connectivity index (χ1) is 10.8. The van der Waals surface area contributed by atoms with Gasteiger partial charge in [-0.15, -0.1) is 0 Å². The molecule has 0 spiro atoms. The smallest absolute Gasteiger partial charge is 0.205 e. The lowest BCUT2D eigenvalue weighted by Crippen LogP contribution is -2.46. The van der Waals surface area contributed by atoms with Crippen LogP contribution in [0, 0.1) is 0 Å². The van der Waals surface area contributed by atoms with Gasteiger partial charge < -0.3 is 19.3 Å². The van der Waals surface area contributed by atoms with Crippen molar-refractivity contribution >= 4 is 22.4 Å². The van der Waals surface area contributed by atoms with Gasteiger partial charge in [-0.25, -0.2) is 4.98 Å². The van der Waals surface area contributed by atoms with Crippen molar-refractivity contribution in [3.05, 3.63) is 30.1 Å². The summed E-state index contributed by atoms with van der Waals surface area (Å²) in [5.41, 5.74) is 1.15. The second kappa shape index (κ2) is 6.93. The van der Waals surface area contributed by atoms with Gasteiger partial charge >= 0.3 is 0 Å². The van der Waals surface area contributed by atoms with E-state index in [9.17, 15) is 0 Å². The molecule has 118 valence electrons. The van der Waals surface area contributed by atoms with E-state index < -0.39 is 0 Å². The molecular formula is C15H20N4O2S. The highest BCUT2D eigenvalue weighted by atomic mass is 32.1. The van der Waals surface area contributed by atoms with E-state index in [0.29, 0.717) is 6.61 Å². The SMILES string of the molecule is COCc1nsc(N2CCN(c3ccccc3OC)CC2)n1. The fraction of sp³-hybridized carbons (Fsp3) is 0.467. The van der Waals surface area contributed by atoms with Gasteiger partial charge in [-0.2, -0.15) is 4.37 Å². The van der Waals surface area contributed by atoms with Crippen molar-refractivity contribution in [3.8, 4) is 5.75 Å². The Morgan fingerprint density at radius 3 is 2.55 bits per heavy atom. The summed E-state index contributed by atoms with van der Waals surface area (Å²) in [6, 6.07) is 8.16. The van der Waals surface area contributed by atoms with E-state index in [2.05, 4.69) is 25.2 Å². The van der Waals surface area contributed by atoms with E-state index in [-0.39, 0.29) is 0 Å². The predicted molar refractivity (Wildman–Crippen MR) is 88.0 cm³/mol. The maximum atomic E-state index is 5.45. The van der Waals surface area contributed by atoms with Crippen LogP contribution in [0.4, 0.5) is 10.8 Å². The summed E-state index contributed by atoms with van der Waals surface area (Å²) in [6.45, 7) is 4.22. The van der Waals surface area contributed by atoms with Gasteiger partial charge in [-0.1, -0.05) is 12.1 Å². The standard InChI is InChI=1S/C15H20N4O2S/c1-20-11-14-16-15(22-17-14)19-9-7-18(8-10-19)12-5-3-4-6-13(12)21-2/h3-6H,7-11H2,1-2H3. The number of para-hydroxylation sites is 2. The molecule has 1 aliphatic heterocycles. The first-order valence-corrected chi connectivity index (χ1v) is 8.03. The minimum atomic E-state index is 0.470. The van der Waals surface area contributed by atoms with E-state index in [0.717, 1.165) is 48.6 Å². The molecule has 0 saturated carbocycles. The van der Waals surface area contributed by atoms with Crippen LogP contribution in [0.2, 0.25) is 0 Å². The lowest BCUT2D eigenvalue weighted by atomic mass is 10.2. The lowest BCUT2D eigenvalue weighted by Gasteiger charge is -2.36. The third kappa shape index (κ3) is 3.15. The number of piperazine rings is 1. The van der Waals surface area contributed by atoms with Crippen LogP contribution in [-0.4, -0.2) is 49.8 Å². The predicted octanol–water partition coefficient (Wildman–Crippen LogP) is 2.02. The van der Waals surface area contributed by atoms with Crippen molar-refractivity contribution in [1.82, 2.24) is 9.36 Å². The number of methoxy groups -OCH3 is 2. The Morgan fingerprint density at radius 2 is 1.82 bits per heavy atom. The largest absolute Gasteiger partial charge is 0.495 e. The molecule has 1 aliphatic rings. The molecule has 2 aromatic rings. The molecule has 1 aromatic heterocycles. The first kappa shape index (κ1) is 15.1. The van der Waals surface area contributed by atoms with Crippen LogP contribution >= 0.6 is 11.5 Å². The summed E-state index contributed by atoms with van der Waals surface area (Å²) in [5, 5.41) is 0.978. The van der Waals surface area contributed by atoms with Crippen molar-refractivity contribution < 1.29 is 9.47 Å². The van der Waals surface area contributed by atoms with Gasteiger partial charge in [0.05, 0.1) is 12.8 Å². The molecule has 0 atom stereocenters. The van der Waals surface area contributed by atoms with Crippen molar-refractivity contribution in [2.45, 2.75) is 6.61 Å². The molecule has 0 amide bonds. The van der Waals surface area contributed by atoms with E-state index in [4.69, 9.17) is 9.47 Å². The molecule has 7 heteroatoms. The maximum absolute atomic E-state index is 5.45. The third-order valence-corrected chi connectivity index (χ3v) is 4.52. The normalized spacial score (nSPS) is 15.2. The minimum absolute atomic E-state index is 0.470. The molecule has 0 N–H and O–H groups in total. The van der Waals surface area contributed by atoms with Crippen LogP contribution < -0.4 is 14.5 Å². The zero-order chi connectivity index (χ0) is 15.4. The Hall–Kier alpha value is -1.86. The van der Waals surface area contributed by atoms with Gasteiger partial charge in [-0.05, 0) is 12.1 Å². The van der Waals surface area contributed by atoms with Crippen molar-refractivity contribution in [2.75, 3.05) is 50.2 Å². The van der Waals surface area contributed by atoms with Gasteiger partial charge in [0.15, 0.2) is 5.82 Å². The Kier molecular flexibility index (Phi) is 4.74. The topological polar surface area (TPSA) is 50.7 Å². The Bertz CT molecular complexity index is 611. The summed E-state index contributed by atoms with van der Waals surface area (Å²) in [7, 11) is 3.38. The van der Waals surface area contributed by atoms with E-state index in [1.807, 2.05) is 18.2 Å². The Morgan fingerprint density at radius 1 is 1.09 bits per heavy atom. The molecule has 1 fully saturated rings. The summed E-state index contributed by atoms with van der Waals surface area (Å²) < 4.78 is 14.8. The summed E-state index contributed by atoms with van der Waals surface area (Å²) in [6.07, 6.45) is 0. The van der Waals surface area contributed by atoms with Crippen molar-refractivity contribution in [2.24, 2.45) is 0 Å². The van der Waals surface area contributed by atoms with Crippen molar-refractivity contribution in [3.63, 3.8) is 0 Å². The highest BCUT2D eigenvalue weighted by Gasteiger charge is 2.21. The van der Waals surface area contributed by atoms with Crippen LogP contribution in [0.5, 0.6) is 5.75 Å². The maximum Gasteiger partial charge on any atom is 0.205 e. The number of ether oxygens (including phenoxy) is 2. The molecule has 2 heterocycles. The number of nitrogens with zero attached hydrogens (tertiary/aromatic N) is 4. The van der Waals surface area contributed by atoms with Gasteiger partial charge in [0.1, 0.15) is 12.4 Å². The molecule has 0 bridgehead atoms. The summed E-state index contributed by atoms with van der Waals surface area (Å²) in [5.74, 6) is 1.68. The second-order valence-electron chi connectivity index (χ2n) is 5.07. The zero-order valence-corrected chi connectivity index (χ0v) is 13.7. The van der Waals surface area contributed by atoms with Crippen LogP contribution in [0.15, 0.2) is 24.3 Å². The van der Waals surface area contributed by atoms with E-state index in [1.54, 1.807) is 14.2 Å². The number of anilines is 2. The van der Waals surface area contributed by atoms with E-state index >= 15 is 0 Å². The van der Waals surface area contributed by atoms with Gasteiger partial charge in [0.2, 0.25) is 5.13 Å². The third-order valence-electron chi connectivity index (χ3n) is 3.71. The average molecular weight is 320 g/mol. The fourth-order valence-corrected chi connectivity index (χ4v) is 3.32. The Balaban J connectivity index is 1.64. The molecule has 0 aliphatic carbocycles. The monoisotopic (exact) mass is 320 g/mol. The van der Waals surface area contributed by atoms with Crippen molar-refractivity contribution in [1.29, 1.82) is 0 Å². The molecule has 0 radical (unpaired) electrons. The zero-order valence-electron chi connectivity index (χ0n) is 12.9.